The Bertz CT molecular complexity index is 375. The quantitative estimate of drug-likeness (QED) is 0.806. The molecule has 0 aliphatic carbocycles. The van der Waals surface area contributed by atoms with Crippen molar-refractivity contribution in [3.8, 4) is 0 Å². The van der Waals surface area contributed by atoms with Gasteiger partial charge in [0.2, 0.25) is 0 Å². The molecular weight excluding hydrogens is 206 g/mol. The van der Waals surface area contributed by atoms with Crippen LogP contribution in [0.3, 0.4) is 0 Å². The highest BCUT2D eigenvalue weighted by Crippen LogP contribution is 2.13. The molecule has 5 heteroatoms. The van der Waals surface area contributed by atoms with Crippen LogP contribution in [0.2, 0.25) is 0 Å². The summed E-state index contributed by atoms with van der Waals surface area (Å²) in [5, 5.41) is 6.96. The molecule has 2 rings (SSSR count). The zero-order valence-corrected chi connectivity index (χ0v) is 9.69. The van der Waals surface area contributed by atoms with E-state index in [1.165, 1.54) is 0 Å². The molecule has 16 heavy (non-hydrogen) atoms. The molecule has 0 saturated carbocycles. The molecule has 1 aromatic rings. The molecule has 1 fully saturated rings. The first-order chi connectivity index (χ1) is 7.70. The van der Waals surface area contributed by atoms with Crippen LogP contribution in [-0.4, -0.2) is 42.1 Å². The topological polar surface area (TPSA) is 58.4 Å². The molecule has 1 unspecified atom stereocenters. The Balaban J connectivity index is 2.04. The normalized spacial score (nSPS) is 21.1. The van der Waals surface area contributed by atoms with E-state index >= 15 is 0 Å². The summed E-state index contributed by atoms with van der Waals surface area (Å²) >= 11 is 0. The summed E-state index contributed by atoms with van der Waals surface area (Å²) in [6.45, 7) is 3.35. The summed E-state index contributed by atoms with van der Waals surface area (Å²) in [5.41, 5.74) is 0.411. The number of aromatic nitrogens is 1. The van der Waals surface area contributed by atoms with E-state index in [0.717, 1.165) is 25.9 Å². The molecule has 1 aliphatic rings. The SMILES string of the molecule is CNC1CCCN(C(=O)c2cc(C)on2)C1. The van der Waals surface area contributed by atoms with Crippen LogP contribution in [0, 0.1) is 6.92 Å². The summed E-state index contributed by atoms with van der Waals surface area (Å²) in [6.07, 6.45) is 2.16. The molecule has 1 saturated heterocycles. The molecule has 1 aromatic heterocycles. The second kappa shape index (κ2) is 4.65. The standard InChI is InChI=1S/C11H17N3O2/c1-8-6-10(13-16-8)11(15)14-5-3-4-9(7-14)12-2/h6,9,12H,3-5,7H2,1-2H3. The fourth-order valence-electron chi connectivity index (χ4n) is 2.03. The average Bonchev–Trinajstić information content (AvgIpc) is 2.75. The Morgan fingerprint density at radius 2 is 2.50 bits per heavy atom. The highest BCUT2D eigenvalue weighted by atomic mass is 16.5. The van der Waals surface area contributed by atoms with Gasteiger partial charge in [-0.3, -0.25) is 4.79 Å². The van der Waals surface area contributed by atoms with Crippen LogP contribution in [-0.2, 0) is 0 Å². The number of amides is 1. The van der Waals surface area contributed by atoms with Crippen LogP contribution in [0.15, 0.2) is 10.6 Å². The number of nitrogens with one attached hydrogen (secondary N) is 1. The number of hydrogen-bond acceptors (Lipinski definition) is 4. The number of carbonyl (C=O) groups excluding carboxylic acids is 1. The summed E-state index contributed by atoms with van der Waals surface area (Å²) in [7, 11) is 1.93. The second-order valence-corrected chi connectivity index (χ2v) is 4.20. The van der Waals surface area contributed by atoms with Gasteiger partial charge in [-0.1, -0.05) is 5.16 Å². The number of likely N-dealkylation sites (tertiary alicyclic amines) is 1. The largest absolute Gasteiger partial charge is 0.361 e. The highest BCUT2D eigenvalue weighted by Gasteiger charge is 2.25. The fraction of sp³-hybridized carbons (Fsp3) is 0.636. The summed E-state index contributed by atoms with van der Waals surface area (Å²) in [6, 6.07) is 2.08. The Morgan fingerprint density at radius 3 is 3.12 bits per heavy atom. The summed E-state index contributed by atoms with van der Waals surface area (Å²) in [4.78, 5) is 13.9. The number of aryl methyl sites for hydroxylation is 1. The van der Waals surface area contributed by atoms with E-state index in [2.05, 4.69) is 10.5 Å². The molecule has 1 aliphatic heterocycles. The summed E-state index contributed by atoms with van der Waals surface area (Å²) < 4.78 is 4.92. The molecule has 0 bridgehead atoms. The molecule has 1 N–H and O–H groups in total. The minimum Gasteiger partial charge on any atom is -0.361 e. The van der Waals surface area contributed by atoms with Crippen molar-refractivity contribution in [2.45, 2.75) is 25.8 Å². The maximum Gasteiger partial charge on any atom is 0.276 e. The van der Waals surface area contributed by atoms with Crippen LogP contribution in [0.5, 0.6) is 0 Å². The maximum atomic E-state index is 12.1. The van der Waals surface area contributed by atoms with Crippen LogP contribution >= 0.6 is 0 Å². The lowest BCUT2D eigenvalue weighted by Crippen LogP contribution is -2.47. The molecule has 0 aromatic carbocycles. The van der Waals surface area contributed by atoms with E-state index in [1.807, 2.05) is 11.9 Å². The van der Waals surface area contributed by atoms with Crippen molar-refractivity contribution in [3.63, 3.8) is 0 Å². The van der Waals surface area contributed by atoms with Crippen molar-refractivity contribution in [2.24, 2.45) is 0 Å². The molecule has 1 amide bonds. The van der Waals surface area contributed by atoms with Gasteiger partial charge in [-0.25, -0.2) is 0 Å². The van der Waals surface area contributed by atoms with Crippen LogP contribution in [0.1, 0.15) is 29.1 Å². The van der Waals surface area contributed by atoms with Crippen LogP contribution < -0.4 is 5.32 Å². The average molecular weight is 223 g/mol. The predicted octanol–water partition coefficient (Wildman–Crippen LogP) is 0.807. The van der Waals surface area contributed by atoms with Gasteiger partial charge in [-0.2, -0.15) is 0 Å². The molecule has 2 heterocycles. The molecule has 88 valence electrons. The van der Waals surface area contributed by atoms with E-state index in [1.54, 1.807) is 13.0 Å². The molecule has 1 atom stereocenters. The first-order valence-corrected chi connectivity index (χ1v) is 5.60. The van der Waals surface area contributed by atoms with Gasteiger partial charge in [-0.15, -0.1) is 0 Å². The van der Waals surface area contributed by atoms with Crippen molar-refractivity contribution in [1.82, 2.24) is 15.4 Å². The van der Waals surface area contributed by atoms with E-state index < -0.39 is 0 Å². The minimum absolute atomic E-state index is 0.0307. The van der Waals surface area contributed by atoms with Gasteiger partial charge in [0.1, 0.15) is 5.76 Å². The highest BCUT2D eigenvalue weighted by molar-refractivity contribution is 5.92. The number of carbonyl (C=O) groups is 1. The van der Waals surface area contributed by atoms with Crippen molar-refractivity contribution >= 4 is 5.91 Å². The smallest absolute Gasteiger partial charge is 0.276 e. The third kappa shape index (κ3) is 2.24. The fourth-order valence-corrected chi connectivity index (χ4v) is 2.03. The Morgan fingerprint density at radius 1 is 1.69 bits per heavy atom. The number of rotatable bonds is 2. The van der Waals surface area contributed by atoms with Crippen LogP contribution in [0.25, 0.3) is 0 Å². The van der Waals surface area contributed by atoms with Crippen molar-refractivity contribution in [1.29, 1.82) is 0 Å². The van der Waals surface area contributed by atoms with Crippen LogP contribution in [0.4, 0.5) is 0 Å². The van der Waals surface area contributed by atoms with Crippen molar-refractivity contribution < 1.29 is 9.32 Å². The van der Waals surface area contributed by atoms with E-state index in [9.17, 15) is 4.79 Å². The van der Waals surface area contributed by atoms with Crippen molar-refractivity contribution in [2.75, 3.05) is 20.1 Å². The third-order valence-corrected chi connectivity index (χ3v) is 2.96. The van der Waals surface area contributed by atoms with Gasteiger partial charge in [0.15, 0.2) is 5.69 Å². The van der Waals surface area contributed by atoms with Gasteiger partial charge in [0.05, 0.1) is 0 Å². The van der Waals surface area contributed by atoms with E-state index in [4.69, 9.17) is 4.52 Å². The zero-order valence-electron chi connectivity index (χ0n) is 9.69. The number of nitrogens with zero attached hydrogens (tertiary/aromatic N) is 2. The predicted molar refractivity (Wildman–Crippen MR) is 59.2 cm³/mol. The lowest BCUT2D eigenvalue weighted by atomic mass is 10.1. The van der Waals surface area contributed by atoms with E-state index in [0.29, 0.717) is 17.5 Å². The molecular formula is C11H17N3O2. The molecule has 5 nitrogen and oxygen atoms in total. The Kier molecular flexibility index (Phi) is 3.24. The monoisotopic (exact) mass is 223 g/mol. The Hall–Kier alpha value is -1.36. The lowest BCUT2D eigenvalue weighted by molar-refractivity contribution is 0.0687. The number of piperidine rings is 1. The second-order valence-electron chi connectivity index (χ2n) is 4.20. The maximum absolute atomic E-state index is 12.1. The molecule has 0 spiro atoms. The number of hydrogen-bond donors (Lipinski definition) is 1. The minimum atomic E-state index is -0.0307. The van der Waals surface area contributed by atoms with Crippen molar-refractivity contribution in [3.05, 3.63) is 17.5 Å². The first kappa shape index (κ1) is 11.1. The summed E-state index contributed by atoms with van der Waals surface area (Å²) in [5.74, 6) is 0.641. The zero-order chi connectivity index (χ0) is 11.5. The van der Waals surface area contributed by atoms with Gasteiger partial charge in [0.25, 0.3) is 5.91 Å². The van der Waals surface area contributed by atoms with E-state index in [-0.39, 0.29) is 5.91 Å². The van der Waals surface area contributed by atoms with Gasteiger partial charge in [-0.05, 0) is 26.8 Å². The van der Waals surface area contributed by atoms with Gasteiger partial charge < -0.3 is 14.7 Å². The lowest BCUT2D eigenvalue weighted by Gasteiger charge is -2.31. The Labute approximate surface area is 94.8 Å². The number of likely N-dealkylation sites (N-methyl/N-ethyl adjacent to an activating group) is 1. The molecule has 0 radical (unpaired) electrons. The first-order valence-electron chi connectivity index (χ1n) is 5.60. The third-order valence-electron chi connectivity index (χ3n) is 2.96. The van der Waals surface area contributed by atoms with Gasteiger partial charge in [0, 0.05) is 25.2 Å². The van der Waals surface area contributed by atoms with Gasteiger partial charge >= 0.3 is 0 Å².